The summed E-state index contributed by atoms with van der Waals surface area (Å²) in [6.07, 6.45) is 0.215. The Morgan fingerprint density at radius 3 is 2.65 bits per heavy atom. The molecule has 0 bridgehead atoms. The fourth-order valence-corrected chi connectivity index (χ4v) is 2.95. The lowest BCUT2D eigenvalue weighted by atomic mass is 10.1. The summed E-state index contributed by atoms with van der Waals surface area (Å²) in [5.41, 5.74) is 3.81. The molecule has 128 valence electrons. The molecule has 1 heterocycles. The molecule has 4 nitrogen and oxygen atoms in total. The summed E-state index contributed by atoms with van der Waals surface area (Å²) in [7, 11) is 0. The SMILES string of the molecule is O=C(Cc1ccccc1Cl)Nc1cccc(-c2nc3ccccc3o2)c1. The number of halogens is 1. The highest BCUT2D eigenvalue weighted by molar-refractivity contribution is 6.31. The smallest absolute Gasteiger partial charge is 0.228 e. The van der Waals surface area contributed by atoms with Crippen molar-refractivity contribution in [1.82, 2.24) is 4.98 Å². The minimum atomic E-state index is -0.132. The average Bonchev–Trinajstić information content (AvgIpc) is 3.08. The Kier molecular flexibility index (Phi) is 4.42. The van der Waals surface area contributed by atoms with Gasteiger partial charge in [0.25, 0.3) is 0 Å². The van der Waals surface area contributed by atoms with E-state index in [1.54, 1.807) is 6.07 Å². The van der Waals surface area contributed by atoms with Crippen LogP contribution in [0.25, 0.3) is 22.6 Å². The molecule has 0 saturated carbocycles. The van der Waals surface area contributed by atoms with Gasteiger partial charge in [-0.1, -0.05) is 48.0 Å². The van der Waals surface area contributed by atoms with E-state index in [0.29, 0.717) is 16.6 Å². The molecule has 5 heteroatoms. The van der Waals surface area contributed by atoms with Crippen molar-refractivity contribution in [1.29, 1.82) is 0 Å². The lowest BCUT2D eigenvalue weighted by Gasteiger charge is -2.07. The molecule has 0 unspecified atom stereocenters. The van der Waals surface area contributed by atoms with Gasteiger partial charge < -0.3 is 9.73 Å². The summed E-state index contributed by atoms with van der Waals surface area (Å²) in [5, 5.41) is 3.48. The second-order valence-electron chi connectivity index (χ2n) is 5.88. The zero-order chi connectivity index (χ0) is 17.9. The molecule has 4 rings (SSSR count). The van der Waals surface area contributed by atoms with Crippen LogP contribution >= 0.6 is 11.6 Å². The molecule has 0 saturated heterocycles. The van der Waals surface area contributed by atoms with Crippen LogP contribution in [0.2, 0.25) is 5.02 Å². The van der Waals surface area contributed by atoms with Gasteiger partial charge in [0.1, 0.15) is 5.52 Å². The number of hydrogen-bond donors (Lipinski definition) is 1. The molecule has 0 aliphatic rings. The van der Waals surface area contributed by atoms with Gasteiger partial charge in [0.15, 0.2) is 5.58 Å². The zero-order valence-electron chi connectivity index (χ0n) is 13.8. The monoisotopic (exact) mass is 362 g/mol. The van der Waals surface area contributed by atoms with Crippen LogP contribution < -0.4 is 5.32 Å². The van der Waals surface area contributed by atoms with Crippen LogP contribution in [-0.4, -0.2) is 10.9 Å². The predicted octanol–water partition coefficient (Wildman–Crippen LogP) is 5.33. The van der Waals surface area contributed by atoms with Crippen molar-refractivity contribution >= 4 is 34.3 Å². The molecule has 0 aliphatic heterocycles. The maximum absolute atomic E-state index is 12.3. The number of rotatable bonds is 4. The van der Waals surface area contributed by atoms with Gasteiger partial charge in [-0.2, -0.15) is 0 Å². The van der Waals surface area contributed by atoms with Crippen LogP contribution in [0.15, 0.2) is 77.2 Å². The number of carbonyl (C=O) groups excluding carboxylic acids is 1. The van der Waals surface area contributed by atoms with E-state index in [1.807, 2.05) is 66.7 Å². The van der Waals surface area contributed by atoms with Crippen molar-refractivity contribution in [3.63, 3.8) is 0 Å². The quantitative estimate of drug-likeness (QED) is 0.534. The Hall–Kier alpha value is -3.11. The van der Waals surface area contributed by atoms with E-state index in [1.165, 1.54) is 0 Å². The number of para-hydroxylation sites is 2. The van der Waals surface area contributed by atoms with Gasteiger partial charge in [-0.3, -0.25) is 4.79 Å². The number of anilines is 1. The van der Waals surface area contributed by atoms with E-state index >= 15 is 0 Å². The molecule has 26 heavy (non-hydrogen) atoms. The Morgan fingerprint density at radius 1 is 1.00 bits per heavy atom. The number of benzene rings is 3. The summed E-state index contributed by atoms with van der Waals surface area (Å²) in [5.74, 6) is 0.390. The summed E-state index contributed by atoms with van der Waals surface area (Å²) >= 11 is 6.11. The van der Waals surface area contributed by atoms with Crippen LogP contribution in [0.1, 0.15) is 5.56 Å². The summed E-state index contributed by atoms with van der Waals surface area (Å²) in [4.78, 5) is 16.8. The second-order valence-corrected chi connectivity index (χ2v) is 6.29. The first-order valence-corrected chi connectivity index (χ1v) is 8.56. The second kappa shape index (κ2) is 7.02. The van der Waals surface area contributed by atoms with Crippen molar-refractivity contribution in [3.05, 3.63) is 83.4 Å². The number of nitrogens with one attached hydrogen (secondary N) is 1. The number of hydrogen-bond acceptors (Lipinski definition) is 3. The number of amides is 1. The fraction of sp³-hybridized carbons (Fsp3) is 0.0476. The topological polar surface area (TPSA) is 55.1 Å². The standard InChI is InChI=1S/C21H15ClN2O2/c22-17-9-2-1-6-14(17)13-20(25)23-16-8-5-7-15(12-16)21-24-18-10-3-4-11-19(18)26-21/h1-12H,13H2,(H,23,25). The van der Waals surface area contributed by atoms with Crippen LogP contribution in [-0.2, 0) is 11.2 Å². The Balaban J connectivity index is 1.54. The van der Waals surface area contributed by atoms with Gasteiger partial charge in [-0.05, 0) is 42.0 Å². The molecule has 0 radical (unpaired) electrons. The minimum Gasteiger partial charge on any atom is -0.436 e. The van der Waals surface area contributed by atoms with Gasteiger partial charge in [0, 0.05) is 16.3 Å². The van der Waals surface area contributed by atoms with Gasteiger partial charge in [-0.25, -0.2) is 4.98 Å². The highest BCUT2D eigenvalue weighted by atomic mass is 35.5. The maximum Gasteiger partial charge on any atom is 0.228 e. The van der Waals surface area contributed by atoms with Gasteiger partial charge in [0.05, 0.1) is 6.42 Å². The first-order chi connectivity index (χ1) is 12.7. The molecule has 0 atom stereocenters. The molecule has 4 aromatic rings. The van der Waals surface area contributed by atoms with Gasteiger partial charge >= 0.3 is 0 Å². The molecular weight excluding hydrogens is 348 g/mol. The van der Waals surface area contributed by atoms with Gasteiger partial charge in [0.2, 0.25) is 11.8 Å². The lowest BCUT2D eigenvalue weighted by molar-refractivity contribution is -0.115. The Morgan fingerprint density at radius 2 is 1.81 bits per heavy atom. The third kappa shape index (κ3) is 3.46. The zero-order valence-corrected chi connectivity index (χ0v) is 14.5. The van der Waals surface area contributed by atoms with E-state index < -0.39 is 0 Å². The van der Waals surface area contributed by atoms with Gasteiger partial charge in [-0.15, -0.1) is 0 Å². The van der Waals surface area contributed by atoms with Crippen molar-refractivity contribution in [2.75, 3.05) is 5.32 Å². The van der Waals surface area contributed by atoms with Crippen molar-refractivity contribution in [2.45, 2.75) is 6.42 Å². The van der Waals surface area contributed by atoms with E-state index in [9.17, 15) is 4.79 Å². The predicted molar refractivity (Wildman–Crippen MR) is 103 cm³/mol. The first-order valence-electron chi connectivity index (χ1n) is 8.18. The molecule has 1 aromatic heterocycles. The molecule has 1 amide bonds. The first kappa shape index (κ1) is 16.4. The van der Waals surface area contributed by atoms with E-state index in [4.69, 9.17) is 16.0 Å². The Labute approximate surface area is 155 Å². The summed E-state index contributed by atoms with van der Waals surface area (Å²) < 4.78 is 5.78. The van der Waals surface area contributed by atoms with Crippen LogP contribution in [0, 0.1) is 0 Å². The van der Waals surface area contributed by atoms with E-state index in [0.717, 1.165) is 22.2 Å². The van der Waals surface area contributed by atoms with E-state index in [-0.39, 0.29) is 12.3 Å². The molecule has 0 spiro atoms. The highest BCUT2D eigenvalue weighted by Crippen LogP contribution is 2.26. The van der Waals surface area contributed by atoms with Crippen molar-refractivity contribution < 1.29 is 9.21 Å². The minimum absolute atomic E-state index is 0.132. The number of nitrogens with zero attached hydrogens (tertiary/aromatic N) is 1. The molecule has 0 fully saturated rings. The number of oxazole rings is 1. The van der Waals surface area contributed by atoms with Crippen molar-refractivity contribution in [2.24, 2.45) is 0 Å². The number of aromatic nitrogens is 1. The van der Waals surface area contributed by atoms with E-state index in [2.05, 4.69) is 10.3 Å². The third-order valence-corrected chi connectivity index (χ3v) is 4.36. The summed E-state index contributed by atoms with van der Waals surface area (Å²) in [6.45, 7) is 0. The van der Waals surface area contributed by atoms with Crippen molar-refractivity contribution in [3.8, 4) is 11.5 Å². The number of fused-ring (bicyclic) bond motifs is 1. The largest absolute Gasteiger partial charge is 0.436 e. The molecule has 3 aromatic carbocycles. The van der Waals surface area contributed by atoms with Crippen LogP contribution in [0.4, 0.5) is 5.69 Å². The normalized spacial score (nSPS) is 10.8. The molecular formula is C21H15ClN2O2. The maximum atomic E-state index is 12.3. The number of carbonyl (C=O) groups is 1. The molecule has 1 N–H and O–H groups in total. The highest BCUT2D eigenvalue weighted by Gasteiger charge is 2.10. The third-order valence-electron chi connectivity index (χ3n) is 4.00. The van der Waals surface area contributed by atoms with Crippen LogP contribution in [0.5, 0.6) is 0 Å². The fourth-order valence-electron chi connectivity index (χ4n) is 2.75. The Bertz CT molecular complexity index is 1060. The lowest BCUT2D eigenvalue weighted by Crippen LogP contribution is -2.14. The average molecular weight is 363 g/mol. The summed E-state index contributed by atoms with van der Waals surface area (Å²) in [6, 6.07) is 22.3. The molecule has 0 aliphatic carbocycles. The van der Waals surface area contributed by atoms with Crippen LogP contribution in [0.3, 0.4) is 0 Å².